The Kier molecular flexibility index (Phi) is 18.3. The van der Waals surface area contributed by atoms with Crippen molar-refractivity contribution in [2.24, 2.45) is 0 Å². The van der Waals surface area contributed by atoms with Crippen LogP contribution in [0.15, 0.2) is 36.4 Å². The third-order valence-electron chi connectivity index (χ3n) is 5.67. The first-order valence-corrected chi connectivity index (χ1v) is 21.7. The molecule has 0 atom stereocenters. The molecule has 0 amide bonds. The Bertz CT molecular complexity index is 1360. The van der Waals surface area contributed by atoms with Crippen molar-refractivity contribution in [3.8, 4) is 0 Å². The van der Waals surface area contributed by atoms with Gasteiger partial charge in [-0.1, -0.05) is 0 Å². The summed E-state index contributed by atoms with van der Waals surface area (Å²) in [6.45, 7) is 1.48. The predicted octanol–water partition coefficient (Wildman–Crippen LogP) is 9.30. The van der Waals surface area contributed by atoms with E-state index in [-0.39, 0.29) is 19.8 Å². The molecule has 0 saturated carbocycles. The summed E-state index contributed by atoms with van der Waals surface area (Å²) >= 11 is 19.5. The molecule has 0 heterocycles. The average molecular weight is 1590 g/mol. The third-order valence-corrected chi connectivity index (χ3v) is 17.5. The van der Waals surface area contributed by atoms with Gasteiger partial charge in [-0.3, -0.25) is 4.90 Å². The van der Waals surface area contributed by atoms with Crippen LogP contribution in [0.2, 0.25) is 0 Å². The van der Waals surface area contributed by atoms with Crippen LogP contribution in [0, 0.1) is 32.1 Å². The summed E-state index contributed by atoms with van der Waals surface area (Å²) in [6.07, 6.45) is 0. The van der Waals surface area contributed by atoms with E-state index < -0.39 is 17.9 Å². The van der Waals surface area contributed by atoms with Crippen LogP contribution in [0.3, 0.4) is 0 Å². The standard InChI is InChI=1S/C27H18I9NO6/c28-13-1-4-16(31)22(34)19(13)25(38)41-10-7-37(8-11-42-26(39)20-14(29)2-5-17(32)23(20)35)9-12-43-27(40)21-15(30)3-6-18(33)24(21)36/h1-6H,7-12H2. The molecule has 230 valence electrons. The van der Waals surface area contributed by atoms with Gasteiger partial charge < -0.3 is 14.2 Å². The van der Waals surface area contributed by atoms with Gasteiger partial charge in [-0.05, 0) is 240 Å². The lowest BCUT2D eigenvalue weighted by atomic mass is 10.2. The molecule has 0 N–H and O–H groups in total. The number of nitrogens with zero attached hydrogens (tertiary/aromatic N) is 1. The van der Waals surface area contributed by atoms with Gasteiger partial charge in [0.05, 0.1) is 16.7 Å². The summed E-state index contributed by atoms with van der Waals surface area (Å²) in [4.78, 5) is 40.7. The summed E-state index contributed by atoms with van der Waals surface area (Å²) in [5, 5.41) is 0. The van der Waals surface area contributed by atoms with Crippen molar-refractivity contribution in [3.05, 3.63) is 85.2 Å². The molecule has 0 spiro atoms. The molecule has 7 nitrogen and oxygen atoms in total. The first-order valence-electron chi connectivity index (χ1n) is 12.0. The van der Waals surface area contributed by atoms with Crippen LogP contribution >= 0.6 is 203 Å². The van der Waals surface area contributed by atoms with Crippen molar-refractivity contribution in [2.45, 2.75) is 0 Å². The fourth-order valence-electron chi connectivity index (χ4n) is 3.50. The van der Waals surface area contributed by atoms with Gasteiger partial charge in [-0.2, -0.15) is 0 Å². The molecule has 0 aliphatic heterocycles. The monoisotopic (exact) mass is 1590 g/mol. The molecular weight excluding hydrogens is 1580 g/mol. The van der Waals surface area contributed by atoms with Gasteiger partial charge in [-0.15, -0.1) is 0 Å². The van der Waals surface area contributed by atoms with Gasteiger partial charge in [0.25, 0.3) is 0 Å². The molecule has 3 aromatic carbocycles. The first kappa shape index (κ1) is 40.0. The molecule has 0 aliphatic rings. The largest absolute Gasteiger partial charge is 0.461 e. The van der Waals surface area contributed by atoms with Gasteiger partial charge in [0.2, 0.25) is 0 Å². The van der Waals surface area contributed by atoms with Crippen LogP contribution in [0.5, 0.6) is 0 Å². The number of halogens is 9. The smallest absolute Gasteiger partial charge is 0.340 e. The molecule has 3 aromatic rings. The van der Waals surface area contributed by atoms with Crippen molar-refractivity contribution < 1.29 is 28.6 Å². The van der Waals surface area contributed by atoms with Gasteiger partial charge in [0, 0.05) is 51.8 Å². The van der Waals surface area contributed by atoms with Gasteiger partial charge >= 0.3 is 17.9 Å². The van der Waals surface area contributed by atoms with Crippen molar-refractivity contribution in [1.29, 1.82) is 0 Å². The van der Waals surface area contributed by atoms with Crippen LogP contribution in [0.4, 0.5) is 0 Å². The summed E-state index contributed by atoms with van der Waals surface area (Å²) < 4.78 is 24.9. The van der Waals surface area contributed by atoms with Gasteiger partial charge in [0.1, 0.15) is 19.8 Å². The zero-order chi connectivity index (χ0) is 31.8. The second-order valence-electron chi connectivity index (χ2n) is 8.40. The molecule has 0 unspecified atom stereocenters. The number of esters is 3. The number of carbonyl (C=O) groups excluding carboxylic acids is 3. The molecule has 43 heavy (non-hydrogen) atoms. The second-order valence-corrected chi connectivity index (χ2v) is 18.6. The van der Waals surface area contributed by atoms with Gasteiger partial charge in [0.15, 0.2) is 0 Å². The van der Waals surface area contributed by atoms with E-state index in [1.54, 1.807) is 0 Å². The van der Waals surface area contributed by atoms with Crippen LogP contribution in [0.1, 0.15) is 31.1 Å². The van der Waals surface area contributed by atoms with Crippen LogP contribution in [0.25, 0.3) is 0 Å². The summed E-state index contributed by atoms with van der Waals surface area (Å²) in [5.74, 6) is -1.18. The molecular formula is C27H18I9NO6. The normalized spacial score (nSPS) is 11.0. The van der Waals surface area contributed by atoms with E-state index in [1.807, 2.05) is 41.3 Å². The quantitative estimate of drug-likeness (QED) is 0.0775. The van der Waals surface area contributed by atoms with Crippen molar-refractivity contribution in [3.63, 3.8) is 0 Å². The summed E-state index contributed by atoms with van der Waals surface area (Å²) in [6, 6.07) is 11.6. The van der Waals surface area contributed by atoms with E-state index >= 15 is 0 Å². The van der Waals surface area contributed by atoms with Crippen LogP contribution in [-0.4, -0.2) is 62.3 Å². The van der Waals surface area contributed by atoms with E-state index in [9.17, 15) is 14.4 Å². The SMILES string of the molecule is O=C(OCCN(CCOC(=O)c1c(I)ccc(I)c1I)CCOC(=O)c1c(I)ccc(I)c1I)c1c(I)ccc(I)c1I. The Morgan fingerprint density at radius 2 is 0.674 bits per heavy atom. The summed E-state index contributed by atoms with van der Waals surface area (Å²) in [5.41, 5.74) is 1.64. The highest BCUT2D eigenvalue weighted by molar-refractivity contribution is 14.1. The Morgan fingerprint density at radius 1 is 0.442 bits per heavy atom. The zero-order valence-electron chi connectivity index (χ0n) is 21.5. The molecule has 0 fully saturated rings. The lowest BCUT2D eigenvalue weighted by Crippen LogP contribution is -2.35. The van der Waals surface area contributed by atoms with E-state index in [0.717, 1.165) is 32.1 Å². The Labute approximate surface area is 372 Å². The van der Waals surface area contributed by atoms with Crippen LogP contribution in [-0.2, 0) is 14.2 Å². The highest BCUT2D eigenvalue weighted by Gasteiger charge is 2.21. The van der Waals surface area contributed by atoms with Crippen molar-refractivity contribution >= 4 is 221 Å². The maximum atomic E-state index is 12.9. The predicted molar refractivity (Wildman–Crippen MR) is 241 cm³/mol. The molecule has 0 radical (unpaired) electrons. The van der Waals surface area contributed by atoms with Crippen molar-refractivity contribution in [1.82, 2.24) is 4.90 Å². The Balaban J connectivity index is 1.65. The minimum absolute atomic E-state index is 0.123. The minimum atomic E-state index is -0.393. The van der Waals surface area contributed by atoms with E-state index in [2.05, 4.69) is 203 Å². The van der Waals surface area contributed by atoms with Gasteiger partial charge in [-0.25, -0.2) is 14.4 Å². The molecule has 0 bridgehead atoms. The molecule has 0 aromatic heterocycles. The van der Waals surface area contributed by atoms with E-state index in [1.165, 1.54) is 0 Å². The number of hydrogen-bond donors (Lipinski definition) is 0. The number of ether oxygens (including phenoxy) is 3. The second kappa shape index (κ2) is 19.7. The highest BCUT2D eigenvalue weighted by atomic mass is 127. The Morgan fingerprint density at radius 3 is 0.930 bits per heavy atom. The zero-order valence-corrected chi connectivity index (χ0v) is 40.9. The first-order chi connectivity index (χ1) is 20.3. The van der Waals surface area contributed by atoms with E-state index in [0.29, 0.717) is 36.3 Å². The molecule has 16 heteroatoms. The lowest BCUT2D eigenvalue weighted by molar-refractivity contribution is 0.0329. The van der Waals surface area contributed by atoms with Crippen LogP contribution < -0.4 is 0 Å². The number of benzene rings is 3. The highest BCUT2D eigenvalue weighted by Crippen LogP contribution is 2.27. The average Bonchev–Trinajstić information content (AvgIpc) is 2.95. The minimum Gasteiger partial charge on any atom is -0.461 e. The van der Waals surface area contributed by atoms with E-state index in [4.69, 9.17) is 14.2 Å². The number of rotatable bonds is 12. The molecule has 0 saturated heterocycles. The molecule has 0 aliphatic carbocycles. The summed E-state index contributed by atoms with van der Waals surface area (Å²) in [7, 11) is 0. The third kappa shape index (κ3) is 11.6. The maximum absolute atomic E-state index is 12.9. The van der Waals surface area contributed by atoms with Crippen molar-refractivity contribution in [2.75, 3.05) is 39.5 Å². The fraction of sp³-hybridized carbons (Fsp3) is 0.222. The fourth-order valence-corrected chi connectivity index (χ4v) is 10.5. The topological polar surface area (TPSA) is 82.1 Å². The number of carbonyl (C=O) groups is 3. The number of hydrogen-bond acceptors (Lipinski definition) is 7. The lowest BCUT2D eigenvalue weighted by Gasteiger charge is -2.22. The maximum Gasteiger partial charge on any atom is 0.340 e. The Hall–Kier alpha value is 2.60. The molecule has 3 rings (SSSR count).